The highest BCUT2D eigenvalue weighted by Crippen LogP contribution is 2.10. The number of carbonyl (C=O) groups is 1. The Morgan fingerprint density at radius 3 is 2.71 bits per heavy atom. The first-order valence-corrected chi connectivity index (χ1v) is 7.42. The molecule has 128 valence electrons. The highest BCUT2D eigenvalue weighted by molar-refractivity contribution is 5.94. The molecule has 7 heteroatoms. The number of carbonyl (C=O) groups excluding carboxylic acids is 1. The molecule has 0 saturated carbocycles. The van der Waals surface area contributed by atoms with Crippen molar-refractivity contribution >= 4 is 5.91 Å². The van der Waals surface area contributed by atoms with Gasteiger partial charge in [-0.15, -0.1) is 0 Å². The number of rotatable bonds is 8. The number of hydrogen-bond donors (Lipinski definition) is 2. The van der Waals surface area contributed by atoms with Gasteiger partial charge in [-0.2, -0.15) is 0 Å². The highest BCUT2D eigenvalue weighted by atomic mass is 19.3. The van der Waals surface area contributed by atoms with Crippen LogP contribution >= 0.6 is 0 Å². The molecule has 2 aromatic rings. The molecule has 1 heterocycles. The van der Waals surface area contributed by atoms with E-state index < -0.39 is 25.0 Å². The van der Waals surface area contributed by atoms with Gasteiger partial charge in [0.05, 0.1) is 6.10 Å². The molecule has 0 saturated heterocycles. The lowest BCUT2D eigenvalue weighted by molar-refractivity contribution is 0.0794. The summed E-state index contributed by atoms with van der Waals surface area (Å²) in [6.45, 7) is -0.711. The molecule has 2 rings (SSSR count). The number of alkyl halides is 2. The Kier molecular flexibility index (Phi) is 6.62. The van der Waals surface area contributed by atoms with E-state index in [1.54, 1.807) is 0 Å². The summed E-state index contributed by atoms with van der Waals surface area (Å²) in [5.41, 5.74) is 1.19. The number of aromatic nitrogens is 1. The molecule has 1 aromatic heterocycles. The second-order valence-corrected chi connectivity index (χ2v) is 5.14. The summed E-state index contributed by atoms with van der Waals surface area (Å²) in [5.74, 6) is -0.487. The molecule has 0 aliphatic rings. The predicted molar refractivity (Wildman–Crippen MR) is 84.2 cm³/mol. The highest BCUT2D eigenvalue weighted by Gasteiger charge is 2.12. The first-order valence-electron chi connectivity index (χ1n) is 7.42. The second-order valence-electron chi connectivity index (χ2n) is 5.14. The van der Waals surface area contributed by atoms with E-state index in [0.717, 1.165) is 5.56 Å². The van der Waals surface area contributed by atoms with Gasteiger partial charge in [0.2, 0.25) is 5.88 Å². The summed E-state index contributed by atoms with van der Waals surface area (Å²) >= 11 is 0. The minimum absolute atomic E-state index is 0.0483. The normalized spacial score (nSPS) is 12.0. The SMILES string of the molecule is O=C(NCC(O)Cc1ccccc1)c1ccnc(OCC(F)F)c1. The van der Waals surface area contributed by atoms with Gasteiger partial charge in [0.1, 0.15) is 0 Å². The fourth-order valence-corrected chi connectivity index (χ4v) is 2.05. The van der Waals surface area contributed by atoms with Crippen molar-refractivity contribution in [1.82, 2.24) is 10.3 Å². The lowest BCUT2D eigenvalue weighted by Crippen LogP contribution is -2.33. The third-order valence-corrected chi connectivity index (χ3v) is 3.17. The number of pyridine rings is 1. The maximum Gasteiger partial charge on any atom is 0.272 e. The van der Waals surface area contributed by atoms with Crippen LogP contribution in [0.4, 0.5) is 8.78 Å². The number of amides is 1. The third kappa shape index (κ3) is 5.92. The van der Waals surface area contributed by atoms with Gasteiger partial charge >= 0.3 is 0 Å². The Hall–Kier alpha value is -2.54. The molecule has 0 radical (unpaired) electrons. The molecule has 2 N–H and O–H groups in total. The fourth-order valence-electron chi connectivity index (χ4n) is 2.05. The van der Waals surface area contributed by atoms with E-state index in [0.29, 0.717) is 6.42 Å². The van der Waals surface area contributed by atoms with Gasteiger partial charge in [-0.25, -0.2) is 13.8 Å². The van der Waals surface area contributed by atoms with Crippen molar-refractivity contribution in [3.05, 3.63) is 59.8 Å². The van der Waals surface area contributed by atoms with E-state index in [-0.39, 0.29) is 18.0 Å². The maximum absolute atomic E-state index is 12.1. The standard InChI is InChI=1S/C17H18F2N2O3/c18-15(19)11-24-16-9-13(6-7-20-16)17(23)21-10-14(22)8-12-4-2-1-3-5-12/h1-7,9,14-15,22H,8,10-11H2,(H,21,23). The smallest absolute Gasteiger partial charge is 0.272 e. The van der Waals surface area contributed by atoms with E-state index in [2.05, 4.69) is 10.3 Å². The Balaban J connectivity index is 1.84. The zero-order chi connectivity index (χ0) is 17.4. The van der Waals surface area contributed by atoms with Gasteiger partial charge in [-0.3, -0.25) is 4.79 Å². The lowest BCUT2D eigenvalue weighted by Gasteiger charge is -2.12. The van der Waals surface area contributed by atoms with Crippen LogP contribution in [0, 0.1) is 0 Å². The lowest BCUT2D eigenvalue weighted by atomic mass is 10.1. The molecule has 1 atom stereocenters. The monoisotopic (exact) mass is 336 g/mol. The van der Waals surface area contributed by atoms with Gasteiger partial charge in [0.25, 0.3) is 12.3 Å². The molecular formula is C17H18F2N2O3. The number of nitrogens with zero attached hydrogens (tertiary/aromatic N) is 1. The molecule has 5 nitrogen and oxygen atoms in total. The molecule has 24 heavy (non-hydrogen) atoms. The zero-order valence-corrected chi connectivity index (χ0v) is 12.9. The van der Waals surface area contributed by atoms with Crippen LogP contribution < -0.4 is 10.1 Å². The summed E-state index contributed by atoms with van der Waals surface area (Å²) < 4.78 is 29.0. The van der Waals surface area contributed by atoms with Crippen molar-refractivity contribution in [2.24, 2.45) is 0 Å². The molecule has 0 fully saturated rings. The average molecular weight is 336 g/mol. The number of aliphatic hydroxyl groups is 1. The van der Waals surface area contributed by atoms with Gasteiger partial charge in [-0.05, 0) is 11.6 Å². The van der Waals surface area contributed by atoms with E-state index in [4.69, 9.17) is 4.74 Å². The van der Waals surface area contributed by atoms with Crippen molar-refractivity contribution in [2.45, 2.75) is 19.0 Å². The largest absolute Gasteiger partial charge is 0.472 e. The van der Waals surface area contributed by atoms with Crippen molar-refractivity contribution in [2.75, 3.05) is 13.2 Å². The molecule has 0 bridgehead atoms. The number of ether oxygens (including phenoxy) is 1. The van der Waals surface area contributed by atoms with Crippen LogP contribution in [0.1, 0.15) is 15.9 Å². The van der Waals surface area contributed by atoms with E-state index >= 15 is 0 Å². The molecule has 1 unspecified atom stereocenters. The van der Waals surface area contributed by atoms with Crippen LogP contribution in [0.3, 0.4) is 0 Å². The van der Waals surface area contributed by atoms with E-state index in [1.165, 1.54) is 18.3 Å². The molecule has 0 aliphatic heterocycles. The summed E-state index contributed by atoms with van der Waals surface area (Å²) in [4.78, 5) is 15.8. The predicted octanol–water partition coefficient (Wildman–Crippen LogP) is 2.06. The molecule has 1 amide bonds. The fraction of sp³-hybridized carbons (Fsp3) is 0.294. The van der Waals surface area contributed by atoms with Crippen LogP contribution in [0.15, 0.2) is 48.7 Å². The third-order valence-electron chi connectivity index (χ3n) is 3.17. The van der Waals surface area contributed by atoms with Crippen molar-refractivity contribution < 1.29 is 23.4 Å². The van der Waals surface area contributed by atoms with Gasteiger partial charge in [0, 0.05) is 30.8 Å². The summed E-state index contributed by atoms with van der Waals surface area (Å²) in [7, 11) is 0. The van der Waals surface area contributed by atoms with Crippen LogP contribution in [0.5, 0.6) is 5.88 Å². The summed E-state index contributed by atoms with van der Waals surface area (Å²) in [5, 5.41) is 12.6. The van der Waals surface area contributed by atoms with E-state index in [1.807, 2.05) is 30.3 Å². The van der Waals surface area contributed by atoms with Gasteiger partial charge < -0.3 is 15.2 Å². The van der Waals surface area contributed by atoms with Crippen LogP contribution in [0.25, 0.3) is 0 Å². The van der Waals surface area contributed by atoms with E-state index in [9.17, 15) is 18.7 Å². The Labute approximate surface area is 138 Å². The number of nitrogens with one attached hydrogen (secondary N) is 1. The Bertz CT molecular complexity index is 653. The number of hydrogen-bond acceptors (Lipinski definition) is 4. The van der Waals surface area contributed by atoms with Crippen LogP contribution in [0.2, 0.25) is 0 Å². The van der Waals surface area contributed by atoms with Gasteiger partial charge in [-0.1, -0.05) is 30.3 Å². The summed E-state index contributed by atoms with van der Waals surface area (Å²) in [6.07, 6.45) is -1.62. The van der Waals surface area contributed by atoms with Crippen LogP contribution in [-0.2, 0) is 6.42 Å². The number of benzene rings is 1. The quantitative estimate of drug-likeness (QED) is 0.774. The minimum atomic E-state index is -2.61. The maximum atomic E-state index is 12.1. The van der Waals surface area contributed by atoms with Crippen molar-refractivity contribution in [1.29, 1.82) is 0 Å². The number of aliphatic hydroxyl groups excluding tert-OH is 1. The molecule has 0 aliphatic carbocycles. The zero-order valence-electron chi connectivity index (χ0n) is 12.9. The number of halogens is 2. The topological polar surface area (TPSA) is 71.5 Å². The molecule has 1 aromatic carbocycles. The first-order chi connectivity index (χ1) is 11.5. The average Bonchev–Trinajstić information content (AvgIpc) is 2.59. The Morgan fingerprint density at radius 1 is 1.25 bits per heavy atom. The minimum Gasteiger partial charge on any atom is -0.472 e. The van der Waals surface area contributed by atoms with Crippen molar-refractivity contribution in [3.8, 4) is 5.88 Å². The summed E-state index contributed by atoms with van der Waals surface area (Å²) in [6, 6.07) is 12.1. The van der Waals surface area contributed by atoms with Gasteiger partial charge in [0.15, 0.2) is 6.61 Å². The first kappa shape index (κ1) is 17.8. The second kappa shape index (κ2) is 8.93. The molecule has 0 spiro atoms. The Morgan fingerprint density at radius 2 is 2.00 bits per heavy atom. The molecular weight excluding hydrogens is 318 g/mol. The van der Waals surface area contributed by atoms with Crippen molar-refractivity contribution in [3.63, 3.8) is 0 Å². The van der Waals surface area contributed by atoms with Crippen LogP contribution in [-0.4, -0.2) is 41.7 Å².